The van der Waals surface area contributed by atoms with E-state index < -0.39 is 4.92 Å². The van der Waals surface area contributed by atoms with E-state index in [4.69, 9.17) is 4.74 Å². The van der Waals surface area contributed by atoms with Crippen molar-refractivity contribution in [1.82, 2.24) is 4.98 Å². The van der Waals surface area contributed by atoms with E-state index in [0.29, 0.717) is 11.6 Å². The van der Waals surface area contributed by atoms with Crippen LogP contribution < -0.4 is 9.82 Å². The first kappa shape index (κ1) is 12.3. The number of benzene rings is 1. The summed E-state index contributed by atoms with van der Waals surface area (Å²) in [6, 6.07) is 10.0. The third-order valence-corrected chi connectivity index (χ3v) is 2.51. The van der Waals surface area contributed by atoms with Crippen LogP contribution in [-0.4, -0.2) is 9.91 Å². The van der Waals surface area contributed by atoms with Gasteiger partial charge in [-0.2, -0.15) is 0 Å². The summed E-state index contributed by atoms with van der Waals surface area (Å²) in [5.41, 5.74) is 0.869. The van der Waals surface area contributed by atoms with Gasteiger partial charge in [0.2, 0.25) is 5.88 Å². The van der Waals surface area contributed by atoms with Crippen LogP contribution in [0.1, 0.15) is 0 Å². The third kappa shape index (κ3) is 2.93. The molecule has 2 aromatic rings. The Morgan fingerprint density at radius 2 is 1.94 bits per heavy atom. The molecule has 1 atom stereocenters. The lowest BCUT2D eigenvalue weighted by atomic mass is 10.3. The maximum Gasteiger partial charge on any atom is 0.287 e. The highest BCUT2D eigenvalue weighted by atomic mass is 31.0. The monoisotopic (exact) mass is 263 g/mol. The zero-order valence-electron chi connectivity index (χ0n) is 9.24. The molecule has 92 valence electrons. The lowest BCUT2D eigenvalue weighted by Crippen LogP contribution is -1.91. The fraction of sp³-hybridized carbons (Fsp3) is 0. The molecular formula is C11H10N3O3P. The Bertz CT molecular complexity index is 542. The Labute approximate surface area is 105 Å². The number of hydrogen-bond donors (Lipinski definition) is 1. The van der Waals surface area contributed by atoms with Crippen LogP contribution in [0.5, 0.6) is 11.6 Å². The lowest BCUT2D eigenvalue weighted by molar-refractivity contribution is -0.385. The first-order valence-electron chi connectivity index (χ1n) is 5.04. The van der Waals surface area contributed by atoms with Crippen LogP contribution in [0.4, 0.5) is 11.4 Å². The van der Waals surface area contributed by atoms with Crippen molar-refractivity contribution < 1.29 is 9.66 Å². The van der Waals surface area contributed by atoms with Gasteiger partial charge in [0.25, 0.3) is 5.69 Å². The molecule has 18 heavy (non-hydrogen) atoms. The lowest BCUT2D eigenvalue weighted by Gasteiger charge is -2.05. The first-order valence-corrected chi connectivity index (χ1v) is 5.62. The van der Waals surface area contributed by atoms with Crippen molar-refractivity contribution in [1.29, 1.82) is 0 Å². The molecule has 0 fully saturated rings. The average Bonchev–Trinajstić information content (AvgIpc) is 2.40. The van der Waals surface area contributed by atoms with Crippen LogP contribution >= 0.6 is 9.39 Å². The van der Waals surface area contributed by atoms with Crippen LogP contribution in [-0.2, 0) is 0 Å². The van der Waals surface area contributed by atoms with Gasteiger partial charge in [-0.05, 0) is 33.7 Å². The maximum absolute atomic E-state index is 10.5. The number of ether oxygens (including phenoxy) is 1. The Morgan fingerprint density at radius 3 is 2.44 bits per heavy atom. The molecule has 0 amide bonds. The van der Waals surface area contributed by atoms with Gasteiger partial charge in [0.15, 0.2) is 0 Å². The van der Waals surface area contributed by atoms with E-state index in [2.05, 4.69) is 19.5 Å². The molecule has 6 nitrogen and oxygen atoms in total. The fourth-order valence-corrected chi connectivity index (χ4v) is 1.47. The molecule has 2 rings (SSSR count). The van der Waals surface area contributed by atoms with Crippen LogP contribution in [0.3, 0.4) is 0 Å². The average molecular weight is 263 g/mol. The number of nitrogens with zero attached hydrogens (tertiary/aromatic N) is 2. The van der Waals surface area contributed by atoms with Crippen molar-refractivity contribution in [2.75, 3.05) is 5.09 Å². The molecule has 1 unspecified atom stereocenters. The van der Waals surface area contributed by atoms with Gasteiger partial charge in [-0.1, -0.05) is 0 Å². The number of nitrogens with one attached hydrogen (secondary N) is 1. The second-order valence-electron chi connectivity index (χ2n) is 3.38. The number of hydrogen-bond acceptors (Lipinski definition) is 5. The zero-order chi connectivity index (χ0) is 13.0. The summed E-state index contributed by atoms with van der Waals surface area (Å²) >= 11 is 0. The summed E-state index contributed by atoms with van der Waals surface area (Å²) < 4.78 is 5.44. The summed E-state index contributed by atoms with van der Waals surface area (Å²) in [7, 11) is 2.39. The zero-order valence-corrected chi connectivity index (χ0v) is 10.4. The molecule has 1 aromatic heterocycles. The highest BCUT2D eigenvalue weighted by Crippen LogP contribution is 2.23. The maximum atomic E-state index is 10.5. The van der Waals surface area contributed by atoms with Gasteiger partial charge in [0.05, 0.1) is 4.92 Å². The molecule has 0 aliphatic heterocycles. The summed E-state index contributed by atoms with van der Waals surface area (Å²) in [5, 5.41) is 13.4. The standard InChI is InChI=1S/C11H10N3O3P/c15-14(16)9-3-6-11(12-7-9)17-10-4-1-8(13-18)2-5-10/h1-7,13H,18H2. The van der Waals surface area contributed by atoms with Gasteiger partial charge in [-0.25, -0.2) is 4.98 Å². The molecule has 0 spiro atoms. The highest BCUT2D eigenvalue weighted by Gasteiger charge is 2.06. The van der Waals surface area contributed by atoms with Gasteiger partial charge in [-0.15, -0.1) is 0 Å². The minimum absolute atomic E-state index is 0.0649. The highest BCUT2D eigenvalue weighted by molar-refractivity contribution is 7.18. The minimum atomic E-state index is -0.504. The Balaban J connectivity index is 2.10. The van der Waals surface area contributed by atoms with Crippen LogP contribution in [0.25, 0.3) is 0 Å². The molecule has 0 aliphatic rings. The molecule has 7 heteroatoms. The topological polar surface area (TPSA) is 77.3 Å². The predicted molar refractivity (Wildman–Crippen MR) is 70.7 cm³/mol. The number of pyridine rings is 1. The second-order valence-corrected chi connectivity index (χ2v) is 3.67. The smallest absolute Gasteiger partial charge is 0.287 e. The number of aromatic nitrogens is 1. The molecular weight excluding hydrogens is 253 g/mol. The van der Waals surface area contributed by atoms with E-state index >= 15 is 0 Å². The van der Waals surface area contributed by atoms with Crippen molar-refractivity contribution >= 4 is 20.8 Å². The Hall–Kier alpha value is -2.20. The van der Waals surface area contributed by atoms with Crippen molar-refractivity contribution in [3.8, 4) is 11.6 Å². The summed E-state index contributed by atoms with van der Waals surface area (Å²) in [6.07, 6.45) is 1.16. The normalized spacial score (nSPS) is 9.83. The predicted octanol–water partition coefficient (Wildman–Crippen LogP) is 2.98. The molecule has 1 N–H and O–H groups in total. The third-order valence-electron chi connectivity index (χ3n) is 2.17. The Kier molecular flexibility index (Phi) is 3.69. The Morgan fingerprint density at radius 1 is 1.22 bits per heavy atom. The largest absolute Gasteiger partial charge is 0.439 e. The molecule has 0 saturated carbocycles. The van der Waals surface area contributed by atoms with Gasteiger partial charge >= 0.3 is 0 Å². The summed E-state index contributed by atoms with van der Waals surface area (Å²) in [5.74, 6) is 0.924. The van der Waals surface area contributed by atoms with E-state index in [1.807, 2.05) is 12.1 Å². The van der Waals surface area contributed by atoms with Crippen molar-refractivity contribution in [3.63, 3.8) is 0 Å². The molecule has 1 aromatic carbocycles. The van der Waals surface area contributed by atoms with Gasteiger partial charge < -0.3 is 9.82 Å². The van der Waals surface area contributed by atoms with Crippen molar-refractivity contribution in [2.24, 2.45) is 0 Å². The fourth-order valence-electron chi connectivity index (χ4n) is 1.28. The van der Waals surface area contributed by atoms with Crippen LogP contribution in [0.2, 0.25) is 0 Å². The van der Waals surface area contributed by atoms with E-state index in [1.165, 1.54) is 12.1 Å². The summed E-state index contributed by atoms with van der Waals surface area (Å²) in [4.78, 5) is 13.8. The van der Waals surface area contributed by atoms with E-state index in [0.717, 1.165) is 11.9 Å². The number of rotatable bonds is 4. The van der Waals surface area contributed by atoms with Gasteiger partial charge in [0.1, 0.15) is 11.9 Å². The molecule has 0 saturated heterocycles. The first-order chi connectivity index (χ1) is 8.69. The van der Waals surface area contributed by atoms with E-state index in [9.17, 15) is 10.1 Å². The van der Waals surface area contributed by atoms with Crippen molar-refractivity contribution in [3.05, 3.63) is 52.7 Å². The quantitative estimate of drug-likeness (QED) is 0.521. The minimum Gasteiger partial charge on any atom is -0.439 e. The number of nitro groups is 1. The molecule has 0 bridgehead atoms. The SMILES string of the molecule is O=[N+]([O-])c1ccc(Oc2ccc(NP)cc2)nc1. The van der Waals surface area contributed by atoms with Crippen molar-refractivity contribution in [2.45, 2.75) is 0 Å². The van der Waals surface area contributed by atoms with Gasteiger partial charge in [0, 0.05) is 17.8 Å². The van der Waals surface area contributed by atoms with Gasteiger partial charge in [-0.3, -0.25) is 10.1 Å². The van der Waals surface area contributed by atoms with Crippen LogP contribution in [0, 0.1) is 10.1 Å². The van der Waals surface area contributed by atoms with E-state index in [-0.39, 0.29) is 5.69 Å². The second kappa shape index (κ2) is 5.42. The molecule has 0 radical (unpaired) electrons. The molecule has 1 heterocycles. The van der Waals surface area contributed by atoms with Crippen LogP contribution in [0.15, 0.2) is 42.6 Å². The van der Waals surface area contributed by atoms with E-state index in [1.54, 1.807) is 12.1 Å². The number of anilines is 1. The summed E-state index contributed by atoms with van der Waals surface area (Å²) in [6.45, 7) is 0. The molecule has 0 aliphatic carbocycles.